The Labute approximate surface area is 155 Å². The molecule has 7 nitrogen and oxygen atoms in total. The highest BCUT2D eigenvalue weighted by atomic mass is 16.5. The Morgan fingerprint density at radius 2 is 1.85 bits per heavy atom. The van der Waals surface area contributed by atoms with Gasteiger partial charge in [0.25, 0.3) is 5.91 Å². The zero-order valence-electron chi connectivity index (χ0n) is 15.9. The number of nitrogens with zero attached hydrogens (tertiary/aromatic N) is 2. The van der Waals surface area contributed by atoms with Crippen molar-refractivity contribution >= 4 is 5.91 Å². The number of hydrogen-bond donors (Lipinski definition) is 3. The van der Waals surface area contributed by atoms with Crippen LogP contribution in [0, 0.1) is 28.1 Å². The number of nitriles is 2. The zero-order valence-corrected chi connectivity index (χ0v) is 15.9. The number of nitrogens with one attached hydrogen (secondary N) is 2. The smallest absolute Gasteiger partial charge is 0.250 e. The van der Waals surface area contributed by atoms with Gasteiger partial charge < -0.3 is 21.1 Å². The molecule has 26 heavy (non-hydrogen) atoms. The number of primary amides is 1. The van der Waals surface area contributed by atoms with Gasteiger partial charge >= 0.3 is 0 Å². The van der Waals surface area contributed by atoms with Gasteiger partial charge in [-0.25, -0.2) is 0 Å². The summed E-state index contributed by atoms with van der Waals surface area (Å²) in [6, 6.07) is 3.77. The molecule has 1 rings (SSSR count). The van der Waals surface area contributed by atoms with Crippen LogP contribution in [-0.4, -0.2) is 38.8 Å². The molecule has 0 aromatic carbocycles. The quantitative estimate of drug-likeness (QED) is 0.401. The Morgan fingerprint density at radius 3 is 2.42 bits per heavy atom. The Bertz CT molecular complexity index is 634. The second-order valence-corrected chi connectivity index (χ2v) is 7.10. The van der Waals surface area contributed by atoms with Gasteiger partial charge in [-0.1, -0.05) is 20.8 Å². The average Bonchev–Trinajstić information content (AvgIpc) is 2.57. The summed E-state index contributed by atoms with van der Waals surface area (Å²) in [6.07, 6.45) is 2.17. The van der Waals surface area contributed by atoms with Crippen LogP contribution in [0.5, 0.6) is 0 Å². The molecule has 4 N–H and O–H groups in total. The first-order valence-corrected chi connectivity index (χ1v) is 8.95. The second-order valence-electron chi connectivity index (χ2n) is 7.10. The zero-order chi connectivity index (χ0) is 19.6. The Morgan fingerprint density at radius 1 is 1.19 bits per heavy atom. The average molecular weight is 359 g/mol. The third-order valence-corrected chi connectivity index (χ3v) is 4.12. The molecule has 142 valence electrons. The van der Waals surface area contributed by atoms with E-state index in [-0.39, 0.29) is 16.6 Å². The van der Waals surface area contributed by atoms with Gasteiger partial charge in [0.2, 0.25) is 0 Å². The van der Waals surface area contributed by atoms with E-state index in [9.17, 15) is 15.3 Å². The van der Waals surface area contributed by atoms with Crippen LogP contribution in [0.1, 0.15) is 40.0 Å². The lowest BCUT2D eigenvalue weighted by Crippen LogP contribution is -2.34. The summed E-state index contributed by atoms with van der Waals surface area (Å²) in [4.78, 5) is 12.0. The van der Waals surface area contributed by atoms with Gasteiger partial charge in [0.15, 0.2) is 0 Å². The van der Waals surface area contributed by atoms with Gasteiger partial charge in [0.1, 0.15) is 17.7 Å². The lowest BCUT2D eigenvalue weighted by molar-refractivity contribution is -0.114. The normalized spacial score (nSPS) is 16.0. The minimum absolute atomic E-state index is 0.0517. The topological polar surface area (TPSA) is 124 Å². The molecule has 0 radical (unpaired) electrons. The van der Waals surface area contributed by atoms with Gasteiger partial charge in [0, 0.05) is 18.8 Å². The van der Waals surface area contributed by atoms with Gasteiger partial charge in [-0.05, 0) is 36.8 Å². The van der Waals surface area contributed by atoms with Crippen molar-refractivity contribution in [2.24, 2.45) is 11.1 Å². The molecule has 0 saturated carbocycles. The summed E-state index contributed by atoms with van der Waals surface area (Å²) in [5, 5.41) is 24.9. The first-order chi connectivity index (χ1) is 12.4. The largest absolute Gasteiger partial charge is 0.385 e. The summed E-state index contributed by atoms with van der Waals surface area (Å²) >= 11 is 0. The fourth-order valence-electron chi connectivity index (χ4n) is 3.02. The number of rotatable bonds is 10. The van der Waals surface area contributed by atoms with Crippen molar-refractivity contribution in [3.8, 4) is 12.1 Å². The highest BCUT2D eigenvalue weighted by molar-refractivity contribution is 5.98. The van der Waals surface area contributed by atoms with Gasteiger partial charge in [-0.3, -0.25) is 4.79 Å². The summed E-state index contributed by atoms with van der Waals surface area (Å²) in [6.45, 7) is 9.60. The number of allylic oxidation sites excluding steroid dienone is 2. The Balaban J connectivity index is 2.83. The van der Waals surface area contributed by atoms with Crippen LogP contribution in [0.25, 0.3) is 0 Å². The first-order valence-electron chi connectivity index (χ1n) is 8.95. The molecule has 1 aliphatic rings. The summed E-state index contributed by atoms with van der Waals surface area (Å²) in [7, 11) is 0. The first kappa shape index (κ1) is 21.7. The number of hydrogen-bond acceptors (Lipinski definition) is 6. The number of amides is 1. The third-order valence-electron chi connectivity index (χ3n) is 4.12. The van der Waals surface area contributed by atoms with Crippen molar-refractivity contribution < 1.29 is 9.53 Å². The maximum Gasteiger partial charge on any atom is 0.250 e. The number of carbonyl (C=O) groups is 1. The minimum atomic E-state index is -0.620. The second kappa shape index (κ2) is 10.6. The van der Waals surface area contributed by atoms with Crippen LogP contribution in [-0.2, 0) is 9.53 Å². The molecule has 0 bridgehead atoms. The number of nitrogens with two attached hydrogens (primary N) is 1. The lowest BCUT2D eigenvalue weighted by Gasteiger charge is -2.34. The molecule has 0 atom stereocenters. The predicted molar refractivity (Wildman–Crippen MR) is 99.5 cm³/mol. The van der Waals surface area contributed by atoms with Crippen molar-refractivity contribution in [3.05, 3.63) is 22.4 Å². The highest BCUT2D eigenvalue weighted by Crippen LogP contribution is 2.41. The molecule has 0 heterocycles. The van der Waals surface area contributed by atoms with Crippen molar-refractivity contribution in [2.45, 2.75) is 40.0 Å². The van der Waals surface area contributed by atoms with Crippen LogP contribution >= 0.6 is 0 Å². The van der Waals surface area contributed by atoms with E-state index in [0.29, 0.717) is 43.9 Å². The molecule has 0 unspecified atom stereocenters. The molecular formula is C19H29N5O2. The highest BCUT2D eigenvalue weighted by Gasteiger charge is 2.34. The van der Waals surface area contributed by atoms with Crippen LogP contribution in [0.3, 0.4) is 0 Å². The van der Waals surface area contributed by atoms with Gasteiger partial charge in [0.05, 0.1) is 18.8 Å². The molecule has 7 heteroatoms. The van der Waals surface area contributed by atoms with E-state index in [0.717, 1.165) is 19.5 Å². The van der Waals surface area contributed by atoms with E-state index in [2.05, 4.69) is 17.6 Å². The van der Waals surface area contributed by atoms with E-state index < -0.39 is 5.91 Å². The minimum Gasteiger partial charge on any atom is -0.385 e. The van der Waals surface area contributed by atoms with Crippen molar-refractivity contribution in [3.63, 3.8) is 0 Å². The van der Waals surface area contributed by atoms with E-state index in [1.807, 2.05) is 26.0 Å². The molecule has 1 amide bonds. The maximum atomic E-state index is 12.0. The van der Waals surface area contributed by atoms with E-state index in [1.54, 1.807) is 0 Å². The van der Waals surface area contributed by atoms with E-state index in [1.165, 1.54) is 0 Å². The van der Waals surface area contributed by atoms with Crippen LogP contribution in [0.4, 0.5) is 0 Å². The number of ether oxygens (including phenoxy) is 1. The lowest BCUT2D eigenvalue weighted by atomic mass is 9.72. The molecule has 0 spiro atoms. The molecule has 0 aliphatic heterocycles. The fraction of sp³-hybridized carbons (Fsp3) is 0.632. The summed E-state index contributed by atoms with van der Waals surface area (Å²) in [5.41, 5.74) is 6.71. The summed E-state index contributed by atoms with van der Waals surface area (Å²) in [5.74, 6) is -0.620. The monoisotopic (exact) mass is 359 g/mol. The molecule has 0 fully saturated rings. The number of carbonyl (C=O) groups excluding carboxylic acids is 1. The van der Waals surface area contributed by atoms with Crippen molar-refractivity contribution in [1.82, 2.24) is 10.6 Å². The maximum absolute atomic E-state index is 12.0. The van der Waals surface area contributed by atoms with Crippen molar-refractivity contribution in [1.29, 1.82) is 10.5 Å². The van der Waals surface area contributed by atoms with Gasteiger partial charge in [-0.2, -0.15) is 10.5 Å². The molecular weight excluding hydrogens is 330 g/mol. The molecule has 1 aliphatic carbocycles. The van der Waals surface area contributed by atoms with Crippen LogP contribution < -0.4 is 16.4 Å². The van der Waals surface area contributed by atoms with Crippen LogP contribution in [0.2, 0.25) is 0 Å². The van der Waals surface area contributed by atoms with E-state index in [4.69, 9.17) is 10.5 Å². The Kier molecular flexibility index (Phi) is 8.84. The van der Waals surface area contributed by atoms with E-state index >= 15 is 0 Å². The van der Waals surface area contributed by atoms with Crippen LogP contribution in [0.15, 0.2) is 22.4 Å². The Hall–Kier alpha value is -2.35. The molecule has 0 aromatic rings. The predicted octanol–water partition coefficient (Wildman–Crippen LogP) is 1.50. The van der Waals surface area contributed by atoms with Gasteiger partial charge in [-0.15, -0.1) is 0 Å². The standard InChI is InChI=1S/C19H29N5O2/c1-4-5-23-6-8-26-9-7-24-16-11-19(2,3)10-15(14(12-20)13-21)17(16)18(22)25/h23-24H,4-11H2,1-3H3,(H2,22,25). The molecule has 0 saturated heterocycles. The SMILES string of the molecule is CCCNCCOCCNC1=C(C(N)=O)C(=C(C#N)C#N)CC(C)(C)C1. The van der Waals surface area contributed by atoms with Crippen molar-refractivity contribution in [2.75, 3.05) is 32.8 Å². The molecule has 0 aromatic heterocycles. The fourth-order valence-corrected chi connectivity index (χ4v) is 3.02. The third kappa shape index (κ3) is 6.51. The summed E-state index contributed by atoms with van der Waals surface area (Å²) < 4.78 is 5.56.